The molecule has 0 aromatic heterocycles. The van der Waals surface area contributed by atoms with Crippen molar-refractivity contribution < 1.29 is 4.74 Å². The summed E-state index contributed by atoms with van der Waals surface area (Å²) in [6, 6.07) is 7.73. The third kappa shape index (κ3) is 7.86. The SMILES string of the molecule is COc1ccccc1NC(=S)NN=C1CCCCCCCCCCC1. The number of nitrogens with one attached hydrogen (secondary N) is 2. The first-order chi connectivity index (χ1) is 12.3. The molecule has 25 heavy (non-hydrogen) atoms. The maximum atomic E-state index is 5.38. The molecule has 1 aliphatic rings. The molecule has 0 aliphatic heterocycles. The molecule has 0 radical (unpaired) electrons. The molecule has 5 heteroatoms. The minimum absolute atomic E-state index is 0.503. The van der Waals surface area contributed by atoms with Crippen molar-refractivity contribution in [3.05, 3.63) is 24.3 Å². The highest BCUT2D eigenvalue weighted by atomic mass is 32.1. The lowest BCUT2D eigenvalue weighted by molar-refractivity contribution is 0.417. The van der Waals surface area contributed by atoms with Gasteiger partial charge in [-0.2, -0.15) is 5.10 Å². The zero-order valence-corrected chi connectivity index (χ0v) is 16.2. The summed E-state index contributed by atoms with van der Waals surface area (Å²) in [7, 11) is 1.65. The molecule has 0 heterocycles. The maximum Gasteiger partial charge on any atom is 0.191 e. The van der Waals surface area contributed by atoms with Gasteiger partial charge in [-0.15, -0.1) is 0 Å². The molecular formula is C20H31N3OS. The summed E-state index contributed by atoms with van der Waals surface area (Å²) in [4.78, 5) is 0. The Hall–Kier alpha value is -1.62. The van der Waals surface area contributed by atoms with E-state index < -0.39 is 0 Å². The van der Waals surface area contributed by atoms with E-state index in [1.54, 1.807) is 7.11 Å². The van der Waals surface area contributed by atoms with Crippen molar-refractivity contribution in [1.29, 1.82) is 0 Å². The van der Waals surface area contributed by atoms with Crippen molar-refractivity contribution in [2.24, 2.45) is 5.10 Å². The van der Waals surface area contributed by atoms with Gasteiger partial charge < -0.3 is 10.1 Å². The van der Waals surface area contributed by atoms with E-state index >= 15 is 0 Å². The van der Waals surface area contributed by atoms with E-state index in [4.69, 9.17) is 17.0 Å². The van der Waals surface area contributed by atoms with Gasteiger partial charge in [-0.05, 0) is 50.0 Å². The van der Waals surface area contributed by atoms with Crippen LogP contribution in [-0.2, 0) is 0 Å². The Labute approximate surface area is 157 Å². The largest absolute Gasteiger partial charge is 0.495 e. The number of benzene rings is 1. The zero-order chi connectivity index (χ0) is 17.7. The number of rotatable bonds is 3. The summed E-state index contributed by atoms with van der Waals surface area (Å²) in [5.41, 5.74) is 5.11. The predicted octanol–water partition coefficient (Wildman–Crippen LogP) is 5.64. The molecule has 1 aromatic carbocycles. The van der Waals surface area contributed by atoms with Gasteiger partial charge in [0.1, 0.15) is 5.75 Å². The van der Waals surface area contributed by atoms with Gasteiger partial charge in [0.25, 0.3) is 0 Å². The van der Waals surface area contributed by atoms with E-state index in [2.05, 4.69) is 15.8 Å². The van der Waals surface area contributed by atoms with Gasteiger partial charge in [0.15, 0.2) is 5.11 Å². The molecule has 1 saturated carbocycles. The molecule has 2 rings (SSSR count). The topological polar surface area (TPSA) is 45.6 Å². The molecule has 0 amide bonds. The maximum absolute atomic E-state index is 5.38. The van der Waals surface area contributed by atoms with E-state index in [-0.39, 0.29) is 0 Å². The highest BCUT2D eigenvalue weighted by Crippen LogP contribution is 2.22. The molecular weight excluding hydrogens is 330 g/mol. The van der Waals surface area contributed by atoms with Crippen LogP contribution in [-0.4, -0.2) is 17.9 Å². The second-order valence-corrected chi connectivity index (χ2v) is 7.03. The van der Waals surface area contributed by atoms with E-state index in [1.165, 1.54) is 63.5 Å². The minimum Gasteiger partial charge on any atom is -0.495 e. The van der Waals surface area contributed by atoms with Crippen LogP contribution in [0.2, 0.25) is 0 Å². The van der Waals surface area contributed by atoms with Crippen LogP contribution in [0.3, 0.4) is 0 Å². The summed E-state index contributed by atoms with van der Waals surface area (Å²) in [6.45, 7) is 0. The van der Waals surface area contributed by atoms with Crippen LogP contribution in [0.15, 0.2) is 29.4 Å². The number of para-hydroxylation sites is 2. The number of anilines is 1. The van der Waals surface area contributed by atoms with Crippen molar-refractivity contribution in [1.82, 2.24) is 5.43 Å². The molecule has 138 valence electrons. The van der Waals surface area contributed by atoms with E-state index in [9.17, 15) is 0 Å². The first kappa shape index (κ1) is 19.7. The highest BCUT2D eigenvalue weighted by Gasteiger charge is 2.05. The number of thiocarbonyl (C=S) groups is 1. The number of nitrogens with zero attached hydrogens (tertiary/aromatic N) is 1. The summed E-state index contributed by atoms with van der Waals surface area (Å²) >= 11 is 5.38. The van der Waals surface area contributed by atoms with E-state index in [1.807, 2.05) is 24.3 Å². The summed E-state index contributed by atoms with van der Waals surface area (Å²) in [5.74, 6) is 0.769. The second-order valence-electron chi connectivity index (χ2n) is 6.63. The van der Waals surface area contributed by atoms with Crippen LogP contribution >= 0.6 is 12.2 Å². The Bertz CT molecular complexity index is 546. The predicted molar refractivity (Wildman–Crippen MR) is 111 cm³/mol. The molecule has 0 bridgehead atoms. The Kier molecular flexibility index (Phi) is 9.34. The fourth-order valence-electron chi connectivity index (χ4n) is 3.16. The van der Waals surface area contributed by atoms with Crippen molar-refractivity contribution in [2.75, 3.05) is 12.4 Å². The van der Waals surface area contributed by atoms with Gasteiger partial charge in [0.05, 0.1) is 12.8 Å². The van der Waals surface area contributed by atoms with Crippen LogP contribution in [0.4, 0.5) is 5.69 Å². The van der Waals surface area contributed by atoms with Crippen molar-refractivity contribution in [2.45, 2.75) is 70.6 Å². The molecule has 2 N–H and O–H groups in total. The average Bonchev–Trinajstić information content (AvgIpc) is 2.62. The first-order valence-corrected chi connectivity index (χ1v) is 9.96. The minimum atomic E-state index is 0.503. The lowest BCUT2D eigenvalue weighted by atomic mass is 10.00. The molecule has 4 nitrogen and oxygen atoms in total. The molecule has 0 saturated heterocycles. The van der Waals surface area contributed by atoms with Crippen molar-refractivity contribution in [3.63, 3.8) is 0 Å². The van der Waals surface area contributed by atoms with Crippen LogP contribution in [0.25, 0.3) is 0 Å². The lowest BCUT2D eigenvalue weighted by Gasteiger charge is -2.13. The fourth-order valence-corrected chi connectivity index (χ4v) is 3.32. The monoisotopic (exact) mass is 361 g/mol. The van der Waals surface area contributed by atoms with Gasteiger partial charge in [0.2, 0.25) is 0 Å². The Morgan fingerprint density at radius 2 is 1.48 bits per heavy atom. The molecule has 1 aromatic rings. The lowest BCUT2D eigenvalue weighted by Crippen LogP contribution is -2.25. The number of hydrogen-bond acceptors (Lipinski definition) is 3. The van der Waals surface area contributed by atoms with Crippen LogP contribution in [0, 0.1) is 0 Å². The molecule has 0 spiro atoms. The smallest absolute Gasteiger partial charge is 0.191 e. The Morgan fingerprint density at radius 1 is 0.920 bits per heavy atom. The number of ether oxygens (including phenoxy) is 1. The van der Waals surface area contributed by atoms with E-state index in [0.29, 0.717) is 5.11 Å². The third-order valence-electron chi connectivity index (χ3n) is 4.60. The summed E-state index contributed by atoms with van der Waals surface area (Å²) in [5, 5.41) is 8.25. The number of hydrogen-bond donors (Lipinski definition) is 2. The first-order valence-electron chi connectivity index (χ1n) is 9.55. The number of methoxy groups -OCH3 is 1. The van der Waals surface area contributed by atoms with Gasteiger partial charge in [-0.25, -0.2) is 0 Å². The summed E-state index contributed by atoms with van der Waals surface area (Å²) < 4.78 is 5.33. The molecule has 1 aliphatic carbocycles. The van der Waals surface area contributed by atoms with Gasteiger partial charge >= 0.3 is 0 Å². The Balaban J connectivity index is 1.86. The number of hydrazone groups is 1. The fraction of sp³-hybridized carbons (Fsp3) is 0.600. The van der Waals surface area contributed by atoms with Gasteiger partial charge in [-0.3, -0.25) is 5.43 Å². The summed E-state index contributed by atoms with van der Waals surface area (Å²) in [6.07, 6.45) is 14.1. The van der Waals surface area contributed by atoms with Crippen molar-refractivity contribution >= 4 is 28.7 Å². The van der Waals surface area contributed by atoms with Crippen molar-refractivity contribution in [3.8, 4) is 5.75 Å². The van der Waals surface area contributed by atoms with Crippen LogP contribution in [0.1, 0.15) is 70.6 Å². The zero-order valence-electron chi connectivity index (χ0n) is 15.4. The average molecular weight is 362 g/mol. The normalized spacial score (nSPS) is 16.9. The molecule has 0 unspecified atom stereocenters. The van der Waals surface area contributed by atoms with Gasteiger partial charge in [0, 0.05) is 5.71 Å². The third-order valence-corrected chi connectivity index (χ3v) is 4.79. The van der Waals surface area contributed by atoms with E-state index in [0.717, 1.165) is 24.3 Å². The van der Waals surface area contributed by atoms with Crippen LogP contribution < -0.4 is 15.5 Å². The molecule has 1 fully saturated rings. The van der Waals surface area contributed by atoms with Gasteiger partial charge in [-0.1, -0.05) is 57.1 Å². The standard InChI is InChI=1S/C20H31N3OS/c1-24-19-16-12-11-15-18(19)21-20(25)23-22-17-13-9-7-5-3-2-4-6-8-10-14-17/h11-12,15-16H,2-10,13-14H2,1H3,(H2,21,23,25). The quantitative estimate of drug-likeness (QED) is 0.540. The highest BCUT2D eigenvalue weighted by molar-refractivity contribution is 7.80. The van der Waals surface area contributed by atoms with Crippen LogP contribution in [0.5, 0.6) is 5.75 Å². The Morgan fingerprint density at radius 3 is 2.08 bits per heavy atom. The second kappa shape index (κ2) is 11.9. The molecule has 0 atom stereocenters.